The number of nitrogens with one attached hydrogen (secondary N) is 2. The summed E-state index contributed by atoms with van der Waals surface area (Å²) in [5.41, 5.74) is 0.833. The highest BCUT2D eigenvalue weighted by molar-refractivity contribution is 6.00. The van der Waals surface area contributed by atoms with E-state index >= 15 is 0 Å². The third-order valence-electron chi connectivity index (χ3n) is 2.46. The molecule has 0 radical (unpaired) electrons. The second-order valence-corrected chi connectivity index (χ2v) is 3.94. The molecule has 0 fully saturated rings. The van der Waals surface area contributed by atoms with Gasteiger partial charge in [0, 0.05) is 25.1 Å². The Kier molecular flexibility index (Phi) is 5.48. The lowest BCUT2D eigenvalue weighted by molar-refractivity contribution is -0.126. The summed E-state index contributed by atoms with van der Waals surface area (Å²) >= 11 is 0. The molecule has 0 aromatic rings. The third-order valence-corrected chi connectivity index (χ3v) is 2.46. The second-order valence-electron chi connectivity index (χ2n) is 3.94. The number of hydrogen-bond donors (Lipinski definition) is 2. The molecule has 1 aliphatic heterocycles. The quantitative estimate of drug-likeness (QED) is 0.629. The number of amides is 1. The topological polar surface area (TPSA) is 82.9 Å². The molecule has 0 saturated heterocycles. The van der Waals surface area contributed by atoms with E-state index in [0.717, 1.165) is 5.71 Å². The van der Waals surface area contributed by atoms with Crippen molar-refractivity contribution in [1.82, 2.24) is 10.6 Å². The molecule has 1 heterocycles. The minimum Gasteiger partial charge on any atom is -0.346 e. The zero-order chi connectivity index (χ0) is 12.7. The van der Waals surface area contributed by atoms with Gasteiger partial charge in [0.05, 0.1) is 12.6 Å². The fraction of sp³-hybridized carbons (Fsp3) is 0.636. The van der Waals surface area contributed by atoms with E-state index in [0.29, 0.717) is 25.9 Å². The average molecular weight is 238 g/mol. The monoisotopic (exact) mass is 238 g/mol. The van der Waals surface area contributed by atoms with Crippen LogP contribution in [0, 0.1) is 0 Å². The zero-order valence-electron chi connectivity index (χ0n) is 10.2. The highest BCUT2D eigenvalue weighted by atomic mass is 16.2. The smallest absolute Gasteiger partial charge is 0.221 e. The first-order chi connectivity index (χ1) is 8.13. The Hall–Kier alpha value is -1.56. The number of ketones is 1. The molecule has 0 bridgehead atoms. The largest absolute Gasteiger partial charge is 0.346 e. The number of rotatable bonds is 7. The van der Waals surface area contributed by atoms with Crippen molar-refractivity contribution in [2.75, 3.05) is 20.1 Å². The van der Waals surface area contributed by atoms with E-state index in [2.05, 4.69) is 20.6 Å². The molecule has 1 amide bonds. The van der Waals surface area contributed by atoms with Gasteiger partial charge in [0.1, 0.15) is 6.34 Å². The number of carbonyl (C=O) groups excluding carboxylic acids is 2. The van der Waals surface area contributed by atoms with E-state index in [1.165, 1.54) is 13.3 Å². The van der Waals surface area contributed by atoms with Crippen LogP contribution < -0.4 is 10.6 Å². The van der Waals surface area contributed by atoms with E-state index in [-0.39, 0.29) is 11.7 Å². The first-order valence-electron chi connectivity index (χ1n) is 5.61. The van der Waals surface area contributed by atoms with Crippen LogP contribution in [0.25, 0.3) is 0 Å². The SMILES string of the molecule is CNCCC(=O)N[C@H](CC1=NC=NC1)C(C)=O. The van der Waals surface area contributed by atoms with Gasteiger partial charge in [-0.2, -0.15) is 0 Å². The van der Waals surface area contributed by atoms with E-state index in [4.69, 9.17) is 0 Å². The molecule has 0 unspecified atom stereocenters. The summed E-state index contributed by atoms with van der Waals surface area (Å²) in [4.78, 5) is 30.9. The summed E-state index contributed by atoms with van der Waals surface area (Å²) < 4.78 is 0. The Morgan fingerprint density at radius 1 is 1.53 bits per heavy atom. The molecule has 2 N–H and O–H groups in total. The summed E-state index contributed by atoms with van der Waals surface area (Å²) in [5.74, 6) is -0.184. The number of aliphatic imine (C=N–C) groups is 2. The van der Waals surface area contributed by atoms with E-state index < -0.39 is 6.04 Å². The van der Waals surface area contributed by atoms with E-state index in [1.807, 2.05) is 0 Å². The minimum absolute atomic E-state index is 0.0580. The van der Waals surface area contributed by atoms with Gasteiger partial charge >= 0.3 is 0 Å². The van der Waals surface area contributed by atoms with Crippen LogP contribution in [0.15, 0.2) is 9.98 Å². The van der Waals surface area contributed by atoms with Crippen LogP contribution in [0.4, 0.5) is 0 Å². The Labute approximate surface area is 101 Å². The number of carbonyl (C=O) groups is 2. The molecule has 0 aromatic carbocycles. The van der Waals surface area contributed by atoms with Crippen LogP contribution >= 0.6 is 0 Å². The molecule has 94 valence electrons. The lowest BCUT2D eigenvalue weighted by Gasteiger charge is -2.15. The van der Waals surface area contributed by atoms with E-state index in [9.17, 15) is 9.59 Å². The fourth-order valence-corrected chi connectivity index (χ4v) is 1.46. The Balaban J connectivity index is 2.43. The maximum atomic E-state index is 11.5. The molecular formula is C11H18N4O2. The lowest BCUT2D eigenvalue weighted by Crippen LogP contribution is -2.42. The Morgan fingerprint density at radius 2 is 2.29 bits per heavy atom. The van der Waals surface area contributed by atoms with Crippen molar-refractivity contribution < 1.29 is 9.59 Å². The maximum Gasteiger partial charge on any atom is 0.221 e. The van der Waals surface area contributed by atoms with Gasteiger partial charge < -0.3 is 10.6 Å². The summed E-state index contributed by atoms with van der Waals surface area (Å²) in [7, 11) is 1.78. The van der Waals surface area contributed by atoms with Crippen molar-refractivity contribution in [2.45, 2.75) is 25.8 Å². The maximum absolute atomic E-state index is 11.5. The van der Waals surface area contributed by atoms with Crippen LogP contribution in [0.3, 0.4) is 0 Å². The van der Waals surface area contributed by atoms with Gasteiger partial charge in [-0.05, 0) is 14.0 Å². The van der Waals surface area contributed by atoms with Crippen LogP contribution in [0.1, 0.15) is 19.8 Å². The van der Waals surface area contributed by atoms with Crippen LogP contribution in [-0.4, -0.2) is 49.9 Å². The molecule has 6 heteroatoms. The molecule has 0 saturated carbocycles. The highest BCUT2D eigenvalue weighted by Crippen LogP contribution is 2.01. The van der Waals surface area contributed by atoms with Gasteiger partial charge in [0.15, 0.2) is 5.78 Å². The van der Waals surface area contributed by atoms with Gasteiger partial charge in [-0.3, -0.25) is 14.6 Å². The molecule has 0 aromatic heterocycles. The van der Waals surface area contributed by atoms with Crippen LogP contribution in [0.5, 0.6) is 0 Å². The third kappa shape index (κ3) is 4.86. The summed E-state index contributed by atoms with van der Waals surface area (Å²) in [6.45, 7) is 2.59. The fourth-order valence-electron chi connectivity index (χ4n) is 1.46. The average Bonchev–Trinajstić information content (AvgIpc) is 2.78. The molecule has 1 aliphatic rings. The molecule has 17 heavy (non-hydrogen) atoms. The lowest BCUT2D eigenvalue weighted by atomic mass is 10.1. The summed E-state index contributed by atoms with van der Waals surface area (Å²) in [5, 5.41) is 5.60. The van der Waals surface area contributed by atoms with Crippen molar-refractivity contribution in [3.63, 3.8) is 0 Å². The summed E-state index contributed by atoms with van der Waals surface area (Å²) in [6.07, 6.45) is 2.29. The van der Waals surface area contributed by atoms with Crippen molar-refractivity contribution in [3.05, 3.63) is 0 Å². The number of nitrogens with zero attached hydrogens (tertiary/aromatic N) is 2. The predicted molar refractivity (Wildman–Crippen MR) is 66.6 cm³/mol. The van der Waals surface area contributed by atoms with Gasteiger partial charge in [0.25, 0.3) is 0 Å². The molecule has 6 nitrogen and oxygen atoms in total. The number of hydrogen-bond acceptors (Lipinski definition) is 5. The Morgan fingerprint density at radius 3 is 2.82 bits per heavy atom. The Bertz CT molecular complexity index is 349. The predicted octanol–water partition coefficient (Wildman–Crippen LogP) is -0.457. The molecule has 0 aliphatic carbocycles. The standard InChI is InChI=1S/C11H18N4O2/c1-8(16)10(5-9-6-13-7-14-9)15-11(17)3-4-12-2/h7,10,12H,3-6H2,1-2H3,(H,15,17)/t10-/m1/s1. The van der Waals surface area contributed by atoms with Crippen molar-refractivity contribution >= 4 is 23.7 Å². The van der Waals surface area contributed by atoms with Gasteiger partial charge in [-0.15, -0.1) is 0 Å². The highest BCUT2D eigenvalue weighted by Gasteiger charge is 2.19. The van der Waals surface area contributed by atoms with E-state index in [1.54, 1.807) is 7.05 Å². The van der Waals surface area contributed by atoms with Crippen LogP contribution in [-0.2, 0) is 9.59 Å². The first-order valence-corrected chi connectivity index (χ1v) is 5.61. The number of Topliss-reactive ketones (excluding diaryl/α,β-unsaturated/α-hetero) is 1. The van der Waals surface area contributed by atoms with Gasteiger partial charge in [-0.1, -0.05) is 0 Å². The first kappa shape index (κ1) is 13.5. The van der Waals surface area contributed by atoms with Crippen molar-refractivity contribution in [3.8, 4) is 0 Å². The minimum atomic E-state index is -0.486. The molecule has 1 rings (SSSR count). The van der Waals surface area contributed by atoms with Crippen molar-refractivity contribution in [2.24, 2.45) is 9.98 Å². The molecule has 1 atom stereocenters. The van der Waals surface area contributed by atoms with Gasteiger partial charge in [0.2, 0.25) is 5.91 Å². The zero-order valence-corrected chi connectivity index (χ0v) is 10.2. The molecular weight excluding hydrogens is 220 g/mol. The van der Waals surface area contributed by atoms with Crippen LogP contribution in [0.2, 0.25) is 0 Å². The second kappa shape index (κ2) is 6.90. The summed E-state index contributed by atoms with van der Waals surface area (Å²) in [6, 6.07) is -0.486. The molecule has 0 spiro atoms. The van der Waals surface area contributed by atoms with Gasteiger partial charge in [-0.25, -0.2) is 4.99 Å². The van der Waals surface area contributed by atoms with Crippen molar-refractivity contribution in [1.29, 1.82) is 0 Å². The normalized spacial score (nSPS) is 15.5.